The van der Waals surface area contributed by atoms with Crippen LogP contribution >= 0.6 is 0 Å². The second-order valence-electron chi connectivity index (χ2n) is 5.53. The number of hydrogen-bond donors (Lipinski definition) is 1. The summed E-state index contributed by atoms with van der Waals surface area (Å²) in [5.74, 6) is -0.725. The molecule has 1 aromatic rings. The molecule has 5 heteroatoms. The second kappa shape index (κ2) is 6.50. The normalized spacial score (nSPS) is 21.1. The van der Waals surface area contributed by atoms with E-state index in [4.69, 9.17) is 0 Å². The van der Waals surface area contributed by atoms with Crippen molar-refractivity contribution in [2.24, 2.45) is 5.92 Å². The average Bonchev–Trinajstić information content (AvgIpc) is 3.23. The van der Waals surface area contributed by atoms with Gasteiger partial charge in [0.05, 0.1) is 5.56 Å². The van der Waals surface area contributed by atoms with E-state index in [0.717, 1.165) is 25.3 Å². The zero-order chi connectivity index (χ0) is 15.5. The molecule has 1 fully saturated rings. The van der Waals surface area contributed by atoms with Gasteiger partial charge in [0.15, 0.2) is 0 Å². The summed E-state index contributed by atoms with van der Waals surface area (Å²) in [4.78, 5) is 11.9. The molecule has 0 heterocycles. The van der Waals surface area contributed by atoms with E-state index in [1.165, 1.54) is 12.1 Å². The number of nitrogens with one attached hydrogen (secondary N) is 1. The lowest BCUT2D eigenvalue weighted by atomic mass is 10.0. The lowest BCUT2D eigenvalue weighted by Gasteiger charge is -2.12. The highest BCUT2D eigenvalue weighted by Crippen LogP contribution is 2.50. The summed E-state index contributed by atoms with van der Waals surface area (Å²) in [6.07, 6.45) is -0.820. The van der Waals surface area contributed by atoms with Crippen LogP contribution in [-0.4, -0.2) is 12.5 Å². The Morgan fingerprint density at radius 3 is 2.67 bits per heavy atom. The Bertz CT molecular complexity index is 499. The first-order valence-electron chi connectivity index (χ1n) is 7.39. The van der Waals surface area contributed by atoms with Gasteiger partial charge < -0.3 is 5.32 Å². The second-order valence-corrected chi connectivity index (χ2v) is 5.53. The molecule has 1 aliphatic rings. The predicted molar refractivity (Wildman–Crippen MR) is 74.8 cm³/mol. The van der Waals surface area contributed by atoms with E-state index in [-0.39, 0.29) is 23.3 Å². The lowest BCUT2D eigenvalue weighted by molar-refractivity contribution is -0.138. The molecular weight excluding hydrogens is 279 g/mol. The molecule has 1 N–H and O–H groups in total. The SMILES string of the molecule is CCCCCNC(=O)C1CC1c1ccccc1C(F)(F)F. The molecular formula is C16H20F3NO. The summed E-state index contributed by atoms with van der Waals surface area (Å²) in [7, 11) is 0. The number of amides is 1. The number of carbonyl (C=O) groups excluding carboxylic acids is 1. The van der Waals surface area contributed by atoms with Crippen molar-refractivity contribution in [3.8, 4) is 0 Å². The summed E-state index contributed by atoms with van der Waals surface area (Å²) in [6.45, 7) is 2.68. The fraction of sp³-hybridized carbons (Fsp3) is 0.562. The van der Waals surface area contributed by atoms with E-state index in [0.29, 0.717) is 13.0 Å². The predicted octanol–water partition coefficient (Wildman–Crippen LogP) is 4.12. The quantitative estimate of drug-likeness (QED) is 0.787. The Hall–Kier alpha value is -1.52. The van der Waals surface area contributed by atoms with E-state index in [2.05, 4.69) is 12.2 Å². The molecule has 1 saturated carbocycles. The Kier molecular flexibility index (Phi) is 4.91. The van der Waals surface area contributed by atoms with Crippen LogP contribution in [0.2, 0.25) is 0 Å². The van der Waals surface area contributed by atoms with Gasteiger partial charge in [0.25, 0.3) is 0 Å². The molecule has 0 bridgehead atoms. The largest absolute Gasteiger partial charge is 0.416 e. The first-order valence-corrected chi connectivity index (χ1v) is 7.39. The van der Waals surface area contributed by atoms with Crippen LogP contribution in [0.4, 0.5) is 13.2 Å². The summed E-state index contributed by atoms with van der Waals surface area (Å²) < 4.78 is 38.9. The molecule has 0 spiro atoms. The van der Waals surface area contributed by atoms with E-state index in [1.54, 1.807) is 6.07 Å². The monoisotopic (exact) mass is 299 g/mol. The van der Waals surface area contributed by atoms with E-state index >= 15 is 0 Å². The minimum absolute atomic E-state index is 0.118. The molecule has 2 rings (SSSR count). The third kappa shape index (κ3) is 3.99. The number of unbranched alkanes of at least 4 members (excludes halogenated alkanes) is 2. The Morgan fingerprint density at radius 2 is 2.00 bits per heavy atom. The smallest absolute Gasteiger partial charge is 0.356 e. The molecule has 21 heavy (non-hydrogen) atoms. The number of benzene rings is 1. The molecule has 0 saturated heterocycles. The molecule has 2 unspecified atom stereocenters. The average molecular weight is 299 g/mol. The van der Waals surface area contributed by atoms with Crippen LogP contribution in [0.5, 0.6) is 0 Å². The molecule has 1 amide bonds. The first kappa shape index (κ1) is 15.9. The topological polar surface area (TPSA) is 29.1 Å². The molecule has 2 nitrogen and oxygen atoms in total. The number of carbonyl (C=O) groups is 1. The maximum Gasteiger partial charge on any atom is 0.416 e. The van der Waals surface area contributed by atoms with Gasteiger partial charge in [0.1, 0.15) is 0 Å². The van der Waals surface area contributed by atoms with Gasteiger partial charge >= 0.3 is 6.18 Å². The van der Waals surface area contributed by atoms with Crippen LogP contribution in [-0.2, 0) is 11.0 Å². The van der Waals surface area contributed by atoms with E-state index < -0.39 is 11.7 Å². The van der Waals surface area contributed by atoms with Crippen LogP contribution in [0, 0.1) is 5.92 Å². The van der Waals surface area contributed by atoms with Crippen molar-refractivity contribution in [3.05, 3.63) is 35.4 Å². The minimum Gasteiger partial charge on any atom is -0.356 e. The third-order valence-corrected chi connectivity index (χ3v) is 3.87. The van der Waals surface area contributed by atoms with Crippen molar-refractivity contribution < 1.29 is 18.0 Å². The van der Waals surface area contributed by atoms with Crippen molar-refractivity contribution in [2.75, 3.05) is 6.54 Å². The standard InChI is InChI=1S/C16H20F3NO/c1-2-3-6-9-20-15(21)13-10-12(13)11-7-4-5-8-14(11)16(17,18)19/h4-5,7-8,12-13H,2-3,6,9-10H2,1H3,(H,20,21). The number of alkyl halides is 3. The van der Waals surface area contributed by atoms with E-state index in [9.17, 15) is 18.0 Å². The van der Waals surface area contributed by atoms with Crippen molar-refractivity contribution in [1.82, 2.24) is 5.32 Å². The van der Waals surface area contributed by atoms with Crippen LogP contribution in [0.1, 0.15) is 49.7 Å². The number of hydrogen-bond acceptors (Lipinski definition) is 1. The van der Waals surface area contributed by atoms with Gasteiger partial charge in [-0.2, -0.15) is 13.2 Å². The maximum atomic E-state index is 13.0. The highest BCUT2D eigenvalue weighted by atomic mass is 19.4. The van der Waals surface area contributed by atoms with Crippen LogP contribution in [0.15, 0.2) is 24.3 Å². The third-order valence-electron chi connectivity index (χ3n) is 3.87. The summed E-state index contributed by atoms with van der Waals surface area (Å²) in [6, 6.07) is 5.55. The van der Waals surface area contributed by atoms with Crippen LogP contribution < -0.4 is 5.32 Å². The van der Waals surface area contributed by atoms with Crippen molar-refractivity contribution in [1.29, 1.82) is 0 Å². The highest BCUT2D eigenvalue weighted by Gasteiger charge is 2.47. The molecule has 1 aliphatic carbocycles. The Morgan fingerprint density at radius 1 is 1.29 bits per heavy atom. The summed E-state index contributed by atoms with van der Waals surface area (Å²) >= 11 is 0. The Balaban J connectivity index is 1.96. The van der Waals surface area contributed by atoms with Crippen molar-refractivity contribution in [3.63, 3.8) is 0 Å². The Labute approximate surface area is 122 Å². The van der Waals surface area contributed by atoms with Gasteiger partial charge in [-0.05, 0) is 30.4 Å². The van der Waals surface area contributed by atoms with Gasteiger partial charge in [-0.25, -0.2) is 0 Å². The number of halogens is 3. The molecule has 1 aromatic carbocycles. The summed E-state index contributed by atoms with van der Waals surface area (Å²) in [5, 5.41) is 2.82. The molecule has 0 aromatic heterocycles. The van der Waals surface area contributed by atoms with Gasteiger partial charge in [-0.1, -0.05) is 38.0 Å². The van der Waals surface area contributed by atoms with Gasteiger partial charge in [-0.3, -0.25) is 4.79 Å². The van der Waals surface area contributed by atoms with Crippen molar-refractivity contribution >= 4 is 5.91 Å². The van der Waals surface area contributed by atoms with Crippen LogP contribution in [0.3, 0.4) is 0 Å². The molecule has 0 radical (unpaired) electrons. The molecule has 116 valence electrons. The first-order chi connectivity index (χ1) is 9.95. The van der Waals surface area contributed by atoms with Gasteiger partial charge in [0.2, 0.25) is 5.91 Å². The number of rotatable bonds is 6. The highest BCUT2D eigenvalue weighted by molar-refractivity contribution is 5.83. The van der Waals surface area contributed by atoms with E-state index in [1.807, 2.05) is 0 Å². The summed E-state index contributed by atoms with van der Waals surface area (Å²) in [5.41, 5.74) is -0.366. The lowest BCUT2D eigenvalue weighted by Crippen LogP contribution is -2.26. The van der Waals surface area contributed by atoms with Crippen molar-refractivity contribution in [2.45, 2.75) is 44.7 Å². The zero-order valence-electron chi connectivity index (χ0n) is 12.0. The van der Waals surface area contributed by atoms with Gasteiger partial charge in [0, 0.05) is 12.5 Å². The molecule has 2 atom stereocenters. The fourth-order valence-corrected chi connectivity index (χ4v) is 2.62. The molecule has 0 aliphatic heterocycles. The zero-order valence-corrected chi connectivity index (χ0v) is 12.0. The maximum absolute atomic E-state index is 13.0. The van der Waals surface area contributed by atoms with Gasteiger partial charge in [-0.15, -0.1) is 0 Å². The minimum atomic E-state index is -4.36. The fourth-order valence-electron chi connectivity index (χ4n) is 2.62. The van der Waals surface area contributed by atoms with Crippen LogP contribution in [0.25, 0.3) is 0 Å².